The maximum absolute atomic E-state index is 12.1. The van der Waals surface area contributed by atoms with Gasteiger partial charge in [-0.1, -0.05) is 0 Å². The van der Waals surface area contributed by atoms with Gasteiger partial charge in [-0.05, 0) is 7.05 Å². The molecule has 2 fully saturated rings. The Balaban J connectivity index is 1.61. The third kappa shape index (κ3) is 3.67. The van der Waals surface area contributed by atoms with Crippen molar-refractivity contribution in [3.8, 4) is 0 Å². The van der Waals surface area contributed by atoms with E-state index in [1.807, 2.05) is 0 Å². The number of aromatic nitrogens is 2. The Morgan fingerprint density at radius 3 is 2.46 bits per heavy atom. The normalized spacial score (nSPS) is 19.0. The number of anilines is 2. The highest BCUT2D eigenvalue weighted by molar-refractivity contribution is 6.06. The van der Waals surface area contributed by atoms with Crippen molar-refractivity contribution in [1.29, 1.82) is 0 Å². The number of hydrogen-bond donors (Lipinski definition) is 1. The molecule has 0 unspecified atom stereocenters. The summed E-state index contributed by atoms with van der Waals surface area (Å²) in [7, 11) is 2.07. The van der Waals surface area contributed by atoms with Crippen LogP contribution in [0.3, 0.4) is 0 Å². The van der Waals surface area contributed by atoms with Gasteiger partial charge in [0, 0.05) is 45.1 Å². The highest BCUT2D eigenvalue weighted by atomic mass is 16.2. The fourth-order valence-corrected chi connectivity index (χ4v) is 2.75. The van der Waals surface area contributed by atoms with Gasteiger partial charge >= 0.3 is 0 Å². The van der Waals surface area contributed by atoms with Crippen LogP contribution in [0.2, 0.25) is 0 Å². The van der Waals surface area contributed by atoms with Crippen LogP contribution in [-0.4, -0.2) is 77.3 Å². The average Bonchev–Trinajstić information content (AvgIpc) is 2.88. The van der Waals surface area contributed by atoms with Crippen molar-refractivity contribution in [1.82, 2.24) is 19.8 Å². The summed E-state index contributed by atoms with van der Waals surface area (Å²) in [5.74, 6) is 0.0540. The second-order valence-corrected chi connectivity index (χ2v) is 5.97. The number of rotatable bonds is 4. The number of carbonyl (C=O) groups excluding carboxylic acids is 3. The SMILES string of the molecule is CN1CCN(c2cc(NC(=O)CN3C(=O)CCC3=O)ncn2)CC1. The van der Waals surface area contributed by atoms with Crippen LogP contribution >= 0.6 is 0 Å². The van der Waals surface area contributed by atoms with E-state index in [9.17, 15) is 14.4 Å². The molecule has 2 aliphatic heterocycles. The van der Waals surface area contributed by atoms with Crippen LogP contribution in [0.5, 0.6) is 0 Å². The summed E-state index contributed by atoms with van der Waals surface area (Å²) in [5, 5.41) is 2.62. The van der Waals surface area contributed by atoms with Crippen LogP contribution in [0.1, 0.15) is 12.8 Å². The molecule has 0 spiro atoms. The Hall–Kier alpha value is -2.55. The molecule has 1 aromatic rings. The third-order valence-corrected chi connectivity index (χ3v) is 4.20. The second kappa shape index (κ2) is 6.91. The van der Waals surface area contributed by atoms with Crippen molar-refractivity contribution in [3.63, 3.8) is 0 Å². The van der Waals surface area contributed by atoms with Crippen molar-refractivity contribution < 1.29 is 14.4 Å². The summed E-state index contributed by atoms with van der Waals surface area (Å²) in [5.41, 5.74) is 0. The van der Waals surface area contributed by atoms with Crippen molar-refractivity contribution in [2.75, 3.05) is 50.0 Å². The smallest absolute Gasteiger partial charge is 0.245 e. The number of nitrogens with zero attached hydrogens (tertiary/aromatic N) is 5. The van der Waals surface area contributed by atoms with E-state index in [-0.39, 0.29) is 31.2 Å². The number of imide groups is 1. The van der Waals surface area contributed by atoms with Gasteiger partial charge < -0.3 is 15.1 Å². The molecule has 3 rings (SSSR count). The van der Waals surface area contributed by atoms with Crippen LogP contribution in [0.25, 0.3) is 0 Å². The second-order valence-electron chi connectivity index (χ2n) is 5.97. The lowest BCUT2D eigenvalue weighted by atomic mass is 10.3. The first-order chi connectivity index (χ1) is 11.5. The number of carbonyl (C=O) groups is 3. The molecule has 1 N–H and O–H groups in total. The van der Waals surface area contributed by atoms with Gasteiger partial charge in [0.25, 0.3) is 0 Å². The zero-order valence-corrected chi connectivity index (χ0v) is 13.6. The maximum Gasteiger partial charge on any atom is 0.245 e. The molecule has 128 valence electrons. The van der Waals surface area contributed by atoms with E-state index >= 15 is 0 Å². The van der Waals surface area contributed by atoms with Crippen molar-refractivity contribution >= 4 is 29.4 Å². The molecule has 9 heteroatoms. The van der Waals surface area contributed by atoms with Gasteiger partial charge in [0.1, 0.15) is 24.5 Å². The molecule has 3 heterocycles. The standard InChI is InChI=1S/C15H20N6O3/c1-19-4-6-20(7-5-19)12-8-11(16-10-17-12)18-13(22)9-21-14(23)2-3-15(21)24/h8,10H,2-7,9H2,1H3,(H,16,17,18,22). The molecular formula is C15H20N6O3. The summed E-state index contributed by atoms with van der Waals surface area (Å²) in [6, 6.07) is 1.71. The quantitative estimate of drug-likeness (QED) is 0.729. The zero-order valence-electron chi connectivity index (χ0n) is 13.6. The first kappa shape index (κ1) is 16.3. The van der Waals surface area contributed by atoms with Gasteiger partial charge in [-0.3, -0.25) is 19.3 Å². The number of piperazine rings is 1. The summed E-state index contributed by atoms with van der Waals surface area (Å²) in [6.07, 6.45) is 1.75. The monoisotopic (exact) mass is 332 g/mol. The van der Waals surface area contributed by atoms with Crippen molar-refractivity contribution in [2.45, 2.75) is 12.8 Å². The fourth-order valence-electron chi connectivity index (χ4n) is 2.75. The first-order valence-corrected chi connectivity index (χ1v) is 7.91. The lowest BCUT2D eigenvalue weighted by Gasteiger charge is -2.33. The molecule has 24 heavy (non-hydrogen) atoms. The predicted molar refractivity (Wildman–Crippen MR) is 86.3 cm³/mol. The Morgan fingerprint density at radius 2 is 1.79 bits per heavy atom. The number of nitrogens with one attached hydrogen (secondary N) is 1. The molecule has 3 amide bonds. The van der Waals surface area contributed by atoms with Crippen LogP contribution in [0.15, 0.2) is 12.4 Å². The molecule has 2 saturated heterocycles. The van der Waals surface area contributed by atoms with Gasteiger partial charge in [-0.2, -0.15) is 0 Å². The molecule has 0 aliphatic carbocycles. The van der Waals surface area contributed by atoms with E-state index in [0.29, 0.717) is 5.82 Å². The largest absolute Gasteiger partial charge is 0.354 e. The van der Waals surface area contributed by atoms with Gasteiger partial charge in [0.2, 0.25) is 17.7 Å². The fraction of sp³-hybridized carbons (Fsp3) is 0.533. The number of likely N-dealkylation sites (tertiary alicyclic amines) is 1. The molecule has 0 saturated carbocycles. The Morgan fingerprint density at radius 1 is 1.12 bits per heavy atom. The van der Waals surface area contributed by atoms with Gasteiger partial charge in [-0.15, -0.1) is 0 Å². The summed E-state index contributed by atoms with van der Waals surface area (Å²) in [6.45, 7) is 3.34. The van der Waals surface area contributed by atoms with E-state index in [0.717, 1.165) is 36.9 Å². The molecule has 0 radical (unpaired) electrons. The summed E-state index contributed by atoms with van der Waals surface area (Å²) in [4.78, 5) is 48.8. The lowest BCUT2D eigenvalue weighted by Crippen LogP contribution is -2.44. The summed E-state index contributed by atoms with van der Waals surface area (Å²) >= 11 is 0. The third-order valence-electron chi connectivity index (χ3n) is 4.20. The first-order valence-electron chi connectivity index (χ1n) is 7.91. The molecule has 1 aromatic heterocycles. The lowest BCUT2D eigenvalue weighted by molar-refractivity contribution is -0.141. The summed E-state index contributed by atoms with van der Waals surface area (Å²) < 4.78 is 0. The average molecular weight is 332 g/mol. The van der Waals surface area contributed by atoms with Gasteiger partial charge in [0.15, 0.2) is 0 Å². The van der Waals surface area contributed by atoms with Crippen LogP contribution < -0.4 is 10.2 Å². The van der Waals surface area contributed by atoms with E-state index in [4.69, 9.17) is 0 Å². The highest BCUT2D eigenvalue weighted by Gasteiger charge is 2.30. The molecule has 0 aromatic carbocycles. The molecule has 0 atom stereocenters. The van der Waals surface area contributed by atoms with Crippen molar-refractivity contribution in [3.05, 3.63) is 12.4 Å². The Bertz CT molecular complexity index is 640. The molecular weight excluding hydrogens is 312 g/mol. The topological polar surface area (TPSA) is 98.7 Å². The van der Waals surface area contributed by atoms with Crippen molar-refractivity contribution in [2.24, 2.45) is 0 Å². The number of likely N-dealkylation sites (N-methyl/N-ethyl adjacent to an activating group) is 1. The predicted octanol–water partition coefficient (Wildman–Crippen LogP) is -0.684. The molecule has 9 nitrogen and oxygen atoms in total. The van der Waals surface area contributed by atoms with Crippen LogP contribution in [0, 0.1) is 0 Å². The minimum absolute atomic E-state index is 0.174. The number of hydrogen-bond acceptors (Lipinski definition) is 7. The molecule has 0 bridgehead atoms. The number of amides is 3. The minimum Gasteiger partial charge on any atom is -0.354 e. The van der Waals surface area contributed by atoms with Gasteiger partial charge in [0.05, 0.1) is 0 Å². The van der Waals surface area contributed by atoms with Gasteiger partial charge in [-0.25, -0.2) is 9.97 Å². The Labute approximate surface area is 139 Å². The minimum atomic E-state index is -0.443. The Kier molecular flexibility index (Phi) is 4.70. The van der Waals surface area contributed by atoms with E-state index in [1.54, 1.807) is 6.07 Å². The van der Waals surface area contributed by atoms with E-state index in [2.05, 4.69) is 32.1 Å². The van der Waals surface area contributed by atoms with Crippen LogP contribution in [0.4, 0.5) is 11.6 Å². The van der Waals surface area contributed by atoms with Crippen LogP contribution in [-0.2, 0) is 14.4 Å². The van der Waals surface area contributed by atoms with E-state index < -0.39 is 5.91 Å². The zero-order chi connectivity index (χ0) is 17.1. The van der Waals surface area contributed by atoms with E-state index in [1.165, 1.54) is 6.33 Å². The highest BCUT2D eigenvalue weighted by Crippen LogP contribution is 2.16. The maximum atomic E-state index is 12.1. The molecule has 2 aliphatic rings.